The van der Waals surface area contributed by atoms with Gasteiger partial charge in [-0.15, -0.1) is 0 Å². The van der Waals surface area contributed by atoms with Crippen molar-refractivity contribution >= 4 is 7.82 Å². The standard InChI is InChI=1S/C27H55N2O4P/c1-5-9-11-12-13-14-15-16-17-18-19-20-21-22-24-29-26-25-28(23-10-6-2)27(29)33-34(30,31-7-3)32-8-4/h25-27H,5-24H2,1-4H3. The summed E-state index contributed by atoms with van der Waals surface area (Å²) in [7, 11) is -3.57. The van der Waals surface area contributed by atoms with Crippen LogP contribution >= 0.6 is 7.82 Å². The molecule has 0 aromatic heterocycles. The fraction of sp³-hybridized carbons (Fsp3) is 0.926. The molecule has 1 aliphatic rings. The molecule has 0 radical (unpaired) electrons. The summed E-state index contributed by atoms with van der Waals surface area (Å²) in [5.41, 5.74) is 0. The lowest BCUT2D eigenvalue weighted by Gasteiger charge is -2.34. The van der Waals surface area contributed by atoms with Crippen LogP contribution in [-0.4, -0.2) is 42.5 Å². The van der Waals surface area contributed by atoms with Gasteiger partial charge in [0, 0.05) is 25.5 Å². The van der Waals surface area contributed by atoms with Crippen LogP contribution in [-0.2, 0) is 18.1 Å². The molecule has 0 N–H and O–H groups in total. The molecule has 0 aliphatic carbocycles. The van der Waals surface area contributed by atoms with Crippen LogP contribution < -0.4 is 0 Å². The van der Waals surface area contributed by atoms with Gasteiger partial charge in [0.05, 0.1) is 13.2 Å². The van der Waals surface area contributed by atoms with Crippen LogP contribution in [0, 0.1) is 0 Å². The van der Waals surface area contributed by atoms with Gasteiger partial charge < -0.3 is 9.80 Å². The third-order valence-electron chi connectivity index (χ3n) is 6.35. The fourth-order valence-electron chi connectivity index (χ4n) is 4.36. The van der Waals surface area contributed by atoms with Crippen LogP contribution in [0.1, 0.15) is 130 Å². The molecular weight excluding hydrogens is 447 g/mol. The highest BCUT2D eigenvalue weighted by atomic mass is 31.2. The molecule has 0 saturated heterocycles. The highest BCUT2D eigenvalue weighted by Crippen LogP contribution is 2.51. The van der Waals surface area contributed by atoms with Crippen LogP contribution in [0.3, 0.4) is 0 Å². The lowest BCUT2D eigenvalue weighted by molar-refractivity contribution is -0.0544. The highest BCUT2D eigenvalue weighted by Gasteiger charge is 2.36. The summed E-state index contributed by atoms with van der Waals surface area (Å²) >= 11 is 0. The SMILES string of the molecule is CCCCCCCCCCCCCCCCN1C=CN(CCCC)C1OP(=O)(OCC)OCC. The molecule has 0 spiro atoms. The molecule has 7 heteroatoms. The zero-order valence-corrected chi connectivity index (χ0v) is 23.7. The summed E-state index contributed by atoms with van der Waals surface area (Å²) in [6, 6.07) is 0. The minimum Gasteiger partial charge on any atom is -0.334 e. The van der Waals surface area contributed by atoms with Gasteiger partial charge >= 0.3 is 7.82 Å². The molecule has 0 saturated carbocycles. The second kappa shape index (κ2) is 20.6. The monoisotopic (exact) mass is 502 g/mol. The van der Waals surface area contributed by atoms with Gasteiger partial charge in [0.1, 0.15) is 0 Å². The molecule has 34 heavy (non-hydrogen) atoms. The molecule has 1 unspecified atom stereocenters. The van der Waals surface area contributed by atoms with E-state index in [1.54, 1.807) is 0 Å². The molecule has 1 heterocycles. The van der Waals surface area contributed by atoms with Crippen LogP contribution in [0.25, 0.3) is 0 Å². The first-order valence-electron chi connectivity index (χ1n) is 14.4. The van der Waals surface area contributed by atoms with Crippen molar-refractivity contribution in [1.82, 2.24) is 9.80 Å². The Balaban J connectivity index is 2.24. The van der Waals surface area contributed by atoms with Crippen LogP contribution in [0.15, 0.2) is 12.4 Å². The van der Waals surface area contributed by atoms with Crippen molar-refractivity contribution in [3.63, 3.8) is 0 Å². The fourth-order valence-corrected chi connectivity index (χ4v) is 5.66. The lowest BCUT2D eigenvalue weighted by Crippen LogP contribution is -2.41. The highest BCUT2D eigenvalue weighted by molar-refractivity contribution is 7.48. The predicted molar refractivity (Wildman–Crippen MR) is 144 cm³/mol. The Morgan fingerprint density at radius 3 is 1.38 bits per heavy atom. The number of rotatable bonds is 24. The Morgan fingerprint density at radius 1 is 0.588 bits per heavy atom. The molecule has 1 atom stereocenters. The zero-order chi connectivity index (χ0) is 24.9. The van der Waals surface area contributed by atoms with Gasteiger partial charge in [0.2, 0.25) is 6.35 Å². The second-order valence-corrected chi connectivity index (χ2v) is 11.1. The smallest absolute Gasteiger partial charge is 0.334 e. The van der Waals surface area contributed by atoms with Crippen molar-refractivity contribution in [1.29, 1.82) is 0 Å². The van der Waals surface area contributed by atoms with E-state index in [4.69, 9.17) is 13.6 Å². The average Bonchev–Trinajstić information content (AvgIpc) is 3.18. The molecule has 0 bridgehead atoms. The molecule has 0 amide bonds. The Hall–Kier alpha value is -0.550. The number of phosphoric ester groups is 1. The second-order valence-electron chi connectivity index (χ2n) is 9.44. The maximum Gasteiger partial charge on any atom is 0.478 e. The lowest BCUT2D eigenvalue weighted by atomic mass is 10.0. The van der Waals surface area contributed by atoms with E-state index in [0.717, 1.165) is 32.4 Å². The van der Waals surface area contributed by atoms with E-state index in [-0.39, 0.29) is 0 Å². The Bertz CT molecular complexity index is 537. The molecule has 0 fully saturated rings. The summed E-state index contributed by atoms with van der Waals surface area (Å²) < 4.78 is 29.7. The van der Waals surface area contributed by atoms with Gasteiger partial charge in [0.25, 0.3) is 0 Å². The molecular formula is C27H55N2O4P. The molecule has 6 nitrogen and oxygen atoms in total. The maximum atomic E-state index is 13.0. The third-order valence-corrected chi connectivity index (χ3v) is 7.95. The Labute approximate surface area is 211 Å². The Kier molecular flexibility index (Phi) is 19.1. The van der Waals surface area contributed by atoms with Gasteiger partial charge in [-0.25, -0.2) is 9.09 Å². The number of nitrogens with zero attached hydrogens (tertiary/aromatic N) is 2. The maximum absolute atomic E-state index is 13.0. The number of hydrogen-bond donors (Lipinski definition) is 0. The van der Waals surface area contributed by atoms with Crippen molar-refractivity contribution in [3.05, 3.63) is 12.4 Å². The summed E-state index contributed by atoms with van der Waals surface area (Å²) in [4.78, 5) is 4.25. The van der Waals surface area contributed by atoms with Crippen molar-refractivity contribution < 1.29 is 18.1 Å². The molecule has 1 rings (SSSR count). The van der Waals surface area contributed by atoms with Gasteiger partial charge in [-0.05, 0) is 26.7 Å². The minimum atomic E-state index is -3.57. The first-order valence-corrected chi connectivity index (χ1v) is 15.8. The molecule has 0 aromatic rings. The van der Waals surface area contributed by atoms with E-state index >= 15 is 0 Å². The number of phosphoric acid groups is 1. The van der Waals surface area contributed by atoms with E-state index in [1.807, 2.05) is 20.0 Å². The summed E-state index contributed by atoms with van der Waals surface area (Å²) in [6.07, 6.45) is 24.8. The molecule has 202 valence electrons. The van der Waals surface area contributed by atoms with Crippen molar-refractivity contribution in [3.8, 4) is 0 Å². The van der Waals surface area contributed by atoms with Gasteiger partial charge in [-0.3, -0.25) is 9.05 Å². The zero-order valence-electron chi connectivity index (χ0n) is 22.8. The van der Waals surface area contributed by atoms with Gasteiger partial charge in [-0.2, -0.15) is 0 Å². The van der Waals surface area contributed by atoms with E-state index < -0.39 is 14.2 Å². The van der Waals surface area contributed by atoms with Gasteiger partial charge in [-0.1, -0.05) is 104 Å². The quantitative estimate of drug-likeness (QED) is 0.0970. The van der Waals surface area contributed by atoms with Crippen molar-refractivity contribution in [2.45, 2.75) is 137 Å². The van der Waals surface area contributed by atoms with E-state index in [1.165, 1.54) is 83.5 Å². The largest absolute Gasteiger partial charge is 0.478 e. The summed E-state index contributed by atoms with van der Waals surface area (Å²) in [5, 5.41) is 0. The molecule has 1 aliphatic heterocycles. The van der Waals surface area contributed by atoms with E-state index in [9.17, 15) is 4.57 Å². The Morgan fingerprint density at radius 2 is 0.971 bits per heavy atom. The van der Waals surface area contributed by atoms with Gasteiger partial charge in [0.15, 0.2) is 0 Å². The van der Waals surface area contributed by atoms with Crippen LogP contribution in [0.2, 0.25) is 0 Å². The van der Waals surface area contributed by atoms with Crippen LogP contribution in [0.5, 0.6) is 0 Å². The average molecular weight is 503 g/mol. The first-order chi connectivity index (χ1) is 16.6. The van der Waals surface area contributed by atoms with E-state index in [2.05, 4.69) is 29.8 Å². The van der Waals surface area contributed by atoms with Crippen molar-refractivity contribution in [2.75, 3.05) is 26.3 Å². The van der Waals surface area contributed by atoms with E-state index in [0.29, 0.717) is 13.2 Å². The minimum absolute atomic E-state index is 0.297. The summed E-state index contributed by atoms with van der Waals surface area (Å²) in [5.74, 6) is 0. The topological polar surface area (TPSA) is 51.2 Å². The summed E-state index contributed by atoms with van der Waals surface area (Å²) in [6.45, 7) is 10.4. The number of hydrogen-bond acceptors (Lipinski definition) is 6. The van der Waals surface area contributed by atoms with Crippen LogP contribution in [0.4, 0.5) is 0 Å². The number of unbranched alkanes of at least 4 members (excludes halogenated alkanes) is 14. The normalized spacial score (nSPS) is 16.2. The predicted octanol–water partition coefficient (Wildman–Crippen LogP) is 8.84. The molecule has 0 aromatic carbocycles. The third kappa shape index (κ3) is 14.1. The first kappa shape index (κ1) is 31.5. The van der Waals surface area contributed by atoms with Crippen molar-refractivity contribution in [2.24, 2.45) is 0 Å².